The molecular formula is C16H26N2O2S. The van der Waals surface area contributed by atoms with Crippen LogP contribution in [0.5, 0.6) is 0 Å². The monoisotopic (exact) mass is 310 g/mol. The van der Waals surface area contributed by atoms with E-state index < -0.39 is 10.0 Å². The van der Waals surface area contributed by atoms with Crippen LogP contribution in [-0.2, 0) is 16.6 Å². The summed E-state index contributed by atoms with van der Waals surface area (Å²) in [5, 5.41) is 0. The minimum atomic E-state index is -3.47. The largest absolute Gasteiger partial charge is 0.326 e. The standard InChI is InChI=1S/C16H26N2O2S/c1-11-5-4-6-15(7-11)18-21(19,20)16-9-14(10-17)12(2)8-13(16)3/h8-9,11,15,18H,4-7,10,17H2,1-3H3. The number of aryl methyl sites for hydroxylation is 2. The lowest BCUT2D eigenvalue weighted by atomic mass is 9.88. The summed E-state index contributed by atoms with van der Waals surface area (Å²) >= 11 is 0. The predicted molar refractivity (Wildman–Crippen MR) is 85.5 cm³/mol. The van der Waals surface area contributed by atoms with Crippen LogP contribution in [0.15, 0.2) is 17.0 Å². The Kier molecular flexibility index (Phi) is 5.07. The molecule has 2 rings (SSSR count). The molecule has 2 atom stereocenters. The van der Waals surface area contributed by atoms with Crippen LogP contribution in [0.2, 0.25) is 0 Å². The predicted octanol–water partition coefficient (Wildman–Crippen LogP) is 2.62. The minimum Gasteiger partial charge on any atom is -0.326 e. The first-order chi connectivity index (χ1) is 9.83. The lowest BCUT2D eigenvalue weighted by molar-refractivity contribution is 0.327. The summed E-state index contributed by atoms with van der Waals surface area (Å²) in [5.74, 6) is 0.588. The fourth-order valence-electron chi connectivity index (χ4n) is 3.21. The van der Waals surface area contributed by atoms with Gasteiger partial charge >= 0.3 is 0 Å². The van der Waals surface area contributed by atoms with Gasteiger partial charge in [-0.15, -0.1) is 0 Å². The van der Waals surface area contributed by atoms with E-state index in [-0.39, 0.29) is 6.04 Å². The lowest BCUT2D eigenvalue weighted by Crippen LogP contribution is -2.38. The average Bonchev–Trinajstić information content (AvgIpc) is 2.37. The van der Waals surface area contributed by atoms with E-state index in [9.17, 15) is 8.42 Å². The van der Waals surface area contributed by atoms with Crippen molar-refractivity contribution in [2.45, 2.75) is 63.9 Å². The topological polar surface area (TPSA) is 72.2 Å². The highest BCUT2D eigenvalue weighted by Crippen LogP contribution is 2.26. The van der Waals surface area contributed by atoms with Crippen molar-refractivity contribution in [1.29, 1.82) is 0 Å². The van der Waals surface area contributed by atoms with Crippen LogP contribution >= 0.6 is 0 Å². The summed E-state index contributed by atoms with van der Waals surface area (Å²) < 4.78 is 28.2. The van der Waals surface area contributed by atoms with Crippen LogP contribution in [0.1, 0.15) is 49.3 Å². The van der Waals surface area contributed by atoms with Crippen LogP contribution in [0.4, 0.5) is 0 Å². The van der Waals surface area contributed by atoms with Gasteiger partial charge in [0.2, 0.25) is 10.0 Å². The van der Waals surface area contributed by atoms with Crippen LogP contribution in [0, 0.1) is 19.8 Å². The summed E-state index contributed by atoms with van der Waals surface area (Å²) in [4.78, 5) is 0.367. The van der Waals surface area contributed by atoms with Crippen molar-refractivity contribution in [2.75, 3.05) is 0 Å². The molecule has 1 aromatic rings. The van der Waals surface area contributed by atoms with Crippen LogP contribution < -0.4 is 10.5 Å². The van der Waals surface area contributed by atoms with Crippen LogP contribution in [0.25, 0.3) is 0 Å². The van der Waals surface area contributed by atoms with Crippen molar-refractivity contribution in [3.05, 3.63) is 28.8 Å². The fraction of sp³-hybridized carbons (Fsp3) is 0.625. The number of sulfonamides is 1. The zero-order valence-electron chi connectivity index (χ0n) is 13.1. The van der Waals surface area contributed by atoms with Gasteiger partial charge in [0.25, 0.3) is 0 Å². The number of rotatable bonds is 4. The molecule has 1 aliphatic carbocycles. The van der Waals surface area contributed by atoms with Crippen molar-refractivity contribution in [3.8, 4) is 0 Å². The second-order valence-electron chi connectivity index (χ2n) is 6.34. The second kappa shape index (κ2) is 6.46. The maximum atomic E-state index is 12.7. The Morgan fingerprint density at radius 3 is 2.57 bits per heavy atom. The van der Waals surface area contributed by atoms with Gasteiger partial charge in [-0.05, 0) is 55.4 Å². The van der Waals surface area contributed by atoms with Gasteiger partial charge < -0.3 is 5.73 Å². The molecule has 1 aliphatic rings. The highest BCUT2D eigenvalue weighted by molar-refractivity contribution is 7.89. The van der Waals surface area contributed by atoms with E-state index in [0.717, 1.165) is 36.0 Å². The summed E-state index contributed by atoms with van der Waals surface area (Å²) in [6.45, 7) is 6.34. The molecule has 0 amide bonds. The van der Waals surface area contributed by atoms with E-state index in [1.165, 1.54) is 6.42 Å². The molecule has 4 nitrogen and oxygen atoms in total. The van der Waals surface area contributed by atoms with E-state index in [1.54, 1.807) is 6.07 Å². The van der Waals surface area contributed by atoms with Crippen molar-refractivity contribution in [1.82, 2.24) is 4.72 Å². The summed E-state index contributed by atoms with van der Waals surface area (Å²) in [5.41, 5.74) is 8.41. The average molecular weight is 310 g/mol. The smallest absolute Gasteiger partial charge is 0.241 e. The normalized spacial score (nSPS) is 23.2. The molecular weight excluding hydrogens is 284 g/mol. The molecule has 1 aromatic carbocycles. The fourth-order valence-corrected chi connectivity index (χ4v) is 4.77. The first kappa shape index (κ1) is 16.5. The maximum absolute atomic E-state index is 12.7. The Bertz CT molecular complexity index is 611. The molecule has 1 saturated carbocycles. The molecule has 5 heteroatoms. The molecule has 0 bridgehead atoms. The molecule has 118 valence electrons. The van der Waals surface area contributed by atoms with Crippen LogP contribution in [-0.4, -0.2) is 14.5 Å². The minimum absolute atomic E-state index is 0.0563. The van der Waals surface area contributed by atoms with E-state index in [0.29, 0.717) is 17.4 Å². The number of hydrogen-bond donors (Lipinski definition) is 2. The Balaban J connectivity index is 2.27. The molecule has 1 fully saturated rings. The van der Waals surface area contributed by atoms with Crippen molar-refractivity contribution < 1.29 is 8.42 Å². The van der Waals surface area contributed by atoms with Gasteiger partial charge in [-0.1, -0.05) is 25.8 Å². The van der Waals surface area contributed by atoms with Crippen molar-refractivity contribution in [3.63, 3.8) is 0 Å². The van der Waals surface area contributed by atoms with Gasteiger partial charge in [0.05, 0.1) is 4.90 Å². The second-order valence-corrected chi connectivity index (χ2v) is 8.02. The first-order valence-electron chi connectivity index (χ1n) is 7.66. The Morgan fingerprint density at radius 2 is 1.95 bits per heavy atom. The van der Waals surface area contributed by atoms with E-state index in [1.807, 2.05) is 19.9 Å². The third-order valence-corrected chi connectivity index (χ3v) is 6.06. The summed E-state index contributed by atoms with van der Waals surface area (Å²) in [6.07, 6.45) is 4.14. The molecule has 0 aromatic heterocycles. The summed E-state index contributed by atoms with van der Waals surface area (Å²) in [7, 11) is -3.47. The molecule has 0 radical (unpaired) electrons. The Labute approximate surface area is 128 Å². The lowest BCUT2D eigenvalue weighted by Gasteiger charge is -2.27. The third-order valence-electron chi connectivity index (χ3n) is 4.40. The summed E-state index contributed by atoms with van der Waals surface area (Å²) in [6, 6.07) is 3.68. The third kappa shape index (κ3) is 3.84. The Morgan fingerprint density at radius 1 is 1.24 bits per heavy atom. The zero-order chi connectivity index (χ0) is 15.6. The molecule has 21 heavy (non-hydrogen) atoms. The molecule has 3 N–H and O–H groups in total. The van der Waals surface area contributed by atoms with Gasteiger partial charge in [-0.2, -0.15) is 0 Å². The number of benzene rings is 1. The van der Waals surface area contributed by atoms with Gasteiger partial charge in [0.15, 0.2) is 0 Å². The Hall–Kier alpha value is -0.910. The molecule has 0 saturated heterocycles. The highest BCUT2D eigenvalue weighted by Gasteiger charge is 2.26. The molecule has 0 spiro atoms. The quantitative estimate of drug-likeness (QED) is 0.898. The SMILES string of the molecule is Cc1cc(C)c(S(=O)(=O)NC2CCCC(C)C2)cc1CN. The highest BCUT2D eigenvalue weighted by atomic mass is 32.2. The number of hydrogen-bond acceptors (Lipinski definition) is 3. The van der Waals surface area contributed by atoms with E-state index in [2.05, 4.69) is 11.6 Å². The number of nitrogens with two attached hydrogens (primary N) is 1. The first-order valence-corrected chi connectivity index (χ1v) is 9.14. The molecule has 2 unspecified atom stereocenters. The number of nitrogens with one attached hydrogen (secondary N) is 1. The van der Waals surface area contributed by atoms with Crippen molar-refractivity contribution in [2.24, 2.45) is 11.7 Å². The van der Waals surface area contributed by atoms with Gasteiger partial charge in [0.1, 0.15) is 0 Å². The van der Waals surface area contributed by atoms with Crippen LogP contribution in [0.3, 0.4) is 0 Å². The van der Waals surface area contributed by atoms with E-state index >= 15 is 0 Å². The van der Waals surface area contributed by atoms with Gasteiger partial charge in [-0.25, -0.2) is 13.1 Å². The maximum Gasteiger partial charge on any atom is 0.241 e. The zero-order valence-corrected chi connectivity index (χ0v) is 14.0. The van der Waals surface area contributed by atoms with Gasteiger partial charge in [0, 0.05) is 12.6 Å². The van der Waals surface area contributed by atoms with E-state index in [4.69, 9.17) is 5.73 Å². The van der Waals surface area contributed by atoms with Crippen molar-refractivity contribution >= 4 is 10.0 Å². The molecule has 0 aliphatic heterocycles. The molecule has 0 heterocycles. The van der Waals surface area contributed by atoms with Gasteiger partial charge in [-0.3, -0.25) is 0 Å².